The van der Waals surface area contributed by atoms with E-state index in [0.717, 1.165) is 0 Å². The zero-order valence-corrected chi connectivity index (χ0v) is 18.5. The molecule has 0 unspecified atom stereocenters. The minimum atomic E-state index is -1.18. The Hall–Kier alpha value is -2.85. The van der Waals surface area contributed by atoms with Crippen LogP contribution < -0.4 is 16.4 Å². The number of carbonyl (C=O) groups excluding carboxylic acids is 2. The maximum Gasteiger partial charge on any atom is 0.352 e. The zero-order valence-electron chi connectivity index (χ0n) is 16.0. The summed E-state index contributed by atoms with van der Waals surface area (Å²) in [6, 6.07) is -0.786. The number of tetrazole rings is 1. The Morgan fingerprint density at radius 3 is 2.90 bits per heavy atom. The molecule has 0 radical (unpaired) electrons. The number of nitrogen functional groups attached to an aromatic ring is 1. The number of aryl methyl sites for hydroxylation is 1. The molecule has 2 aromatic heterocycles. The lowest BCUT2D eigenvalue weighted by Crippen LogP contribution is -2.71. The van der Waals surface area contributed by atoms with Gasteiger partial charge in [0.15, 0.2) is 5.13 Å². The van der Waals surface area contributed by atoms with E-state index in [4.69, 9.17) is 5.73 Å². The largest absolute Gasteiger partial charge is 0.477 e. The summed E-state index contributed by atoms with van der Waals surface area (Å²) < 4.78 is 1.48. The lowest BCUT2D eigenvalue weighted by atomic mass is 10.0. The van der Waals surface area contributed by atoms with Gasteiger partial charge in [-0.3, -0.25) is 14.5 Å². The van der Waals surface area contributed by atoms with Crippen LogP contribution in [0.1, 0.15) is 0 Å². The third-order valence-corrected chi connectivity index (χ3v) is 7.59. The first-order chi connectivity index (χ1) is 14.8. The lowest BCUT2D eigenvalue weighted by molar-refractivity contribution is -0.150. The number of thioether (sulfide) groups is 2. The number of hydrogen-bond donors (Lipinski definition) is 4. The molecule has 2 aromatic rings. The molecular weight excluding hydrogens is 466 g/mol. The van der Waals surface area contributed by atoms with E-state index >= 15 is 0 Å². The Morgan fingerprint density at radius 1 is 1.45 bits per heavy atom. The van der Waals surface area contributed by atoms with Gasteiger partial charge >= 0.3 is 5.97 Å². The molecule has 5 N–H and O–H groups in total. The number of anilines is 2. The Morgan fingerprint density at radius 2 is 2.26 bits per heavy atom. The van der Waals surface area contributed by atoms with Crippen molar-refractivity contribution in [1.82, 2.24) is 35.4 Å². The van der Waals surface area contributed by atoms with E-state index in [9.17, 15) is 19.5 Å². The molecule has 31 heavy (non-hydrogen) atoms. The van der Waals surface area contributed by atoms with E-state index in [1.807, 2.05) is 0 Å². The second-order valence-electron chi connectivity index (χ2n) is 6.51. The average molecular weight is 484 g/mol. The summed E-state index contributed by atoms with van der Waals surface area (Å²) in [6.45, 7) is -0.0837. The number of hydrogen-bond acceptors (Lipinski definition) is 12. The van der Waals surface area contributed by atoms with Gasteiger partial charge in [-0.05, 0) is 16.0 Å². The number of carboxylic acids is 1. The van der Waals surface area contributed by atoms with E-state index < -0.39 is 29.2 Å². The highest BCUT2D eigenvalue weighted by molar-refractivity contribution is 8.01. The van der Waals surface area contributed by atoms with Crippen molar-refractivity contribution in [3.05, 3.63) is 16.7 Å². The van der Waals surface area contributed by atoms with Crippen molar-refractivity contribution in [2.75, 3.05) is 29.1 Å². The Labute approximate surface area is 187 Å². The predicted octanol–water partition coefficient (Wildman–Crippen LogP) is -0.808. The number of β-lactam (4-membered cyclic amide) rings is 1. The van der Waals surface area contributed by atoms with Crippen molar-refractivity contribution in [2.24, 2.45) is 7.05 Å². The number of rotatable bonds is 8. The first kappa shape index (κ1) is 21.4. The molecule has 2 aliphatic rings. The zero-order chi connectivity index (χ0) is 22.1. The van der Waals surface area contributed by atoms with Crippen molar-refractivity contribution in [3.63, 3.8) is 0 Å². The van der Waals surface area contributed by atoms with E-state index in [0.29, 0.717) is 33.2 Å². The van der Waals surface area contributed by atoms with Crippen molar-refractivity contribution < 1.29 is 19.5 Å². The Bertz CT molecular complexity index is 1070. The quantitative estimate of drug-likeness (QED) is 0.271. The van der Waals surface area contributed by atoms with E-state index in [1.54, 1.807) is 12.4 Å². The molecule has 16 heteroatoms. The van der Waals surface area contributed by atoms with Gasteiger partial charge in [0.2, 0.25) is 11.1 Å². The molecule has 0 spiro atoms. The van der Waals surface area contributed by atoms with E-state index in [2.05, 4.69) is 31.1 Å². The molecule has 2 aliphatic heterocycles. The van der Waals surface area contributed by atoms with Gasteiger partial charge in [-0.2, -0.15) is 0 Å². The topological polar surface area (TPSA) is 181 Å². The number of aliphatic carboxylic acids is 1. The van der Waals surface area contributed by atoms with Gasteiger partial charge < -0.3 is 21.5 Å². The van der Waals surface area contributed by atoms with E-state index in [-0.39, 0.29) is 12.2 Å². The van der Waals surface area contributed by atoms with Gasteiger partial charge in [-0.15, -0.1) is 28.2 Å². The number of thiazole rings is 1. The fraction of sp³-hybridized carbons (Fsp3) is 0.400. The smallest absolute Gasteiger partial charge is 0.352 e. The van der Waals surface area contributed by atoms with E-state index in [1.165, 1.54) is 44.4 Å². The fourth-order valence-corrected chi connectivity index (χ4v) is 5.91. The molecule has 4 rings (SSSR count). The minimum absolute atomic E-state index is 0.0436. The first-order valence-corrected chi connectivity index (χ1v) is 11.8. The summed E-state index contributed by atoms with van der Waals surface area (Å²) in [4.78, 5) is 42.0. The van der Waals surface area contributed by atoms with Gasteiger partial charge in [-0.1, -0.05) is 11.8 Å². The Kier molecular flexibility index (Phi) is 6.01. The second-order valence-corrected chi connectivity index (χ2v) is 9.45. The molecule has 2 amide bonds. The molecule has 1 fully saturated rings. The van der Waals surface area contributed by atoms with Crippen LogP contribution in [-0.4, -0.2) is 82.4 Å². The summed E-state index contributed by atoms with van der Waals surface area (Å²) in [5.41, 5.74) is 6.10. The van der Waals surface area contributed by atoms with Crippen LogP contribution in [-0.2, 0) is 21.4 Å². The van der Waals surface area contributed by atoms with Crippen molar-refractivity contribution in [1.29, 1.82) is 0 Å². The highest BCUT2D eigenvalue weighted by Crippen LogP contribution is 2.41. The highest BCUT2D eigenvalue weighted by atomic mass is 32.2. The number of fused-ring (bicyclic) bond motifs is 1. The second kappa shape index (κ2) is 8.72. The summed E-state index contributed by atoms with van der Waals surface area (Å²) in [7, 11) is 1.69. The molecule has 4 heterocycles. The summed E-state index contributed by atoms with van der Waals surface area (Å²) in [5.74, 6) is -0.819. The normalized spacial score (nSPS) is 20.3. The molecular formula is C15H17N9O4S3. The molecule has 164 valence electrons. The molecule has 1 saturated heterocycles. The van der Waals surface area contributed by atoms with Crippen molar-refractivity contribution >= 4 is 63.6 Å². The van der Waals surface area contributed by atoms with Crippen LogP contribution in [0.15, 0.2) is 21.8 Å². The highest BCUT2D eigenvalue weighted by Gasteiger charge is 2.54. The first-order valence-electron chi connectivity index (χ1n) is 8.84. The Balaban J connectivity index is 1.39. The maximum absolute atomic E-state index is 12.7. The molecule has 0 aliphatic carbocycles. The fourth-order valence-electron chi connectivity index (χ4n) is 3.05. The van der Waals surface area contributed by atoms with Crippen LogP contribution in [0, 0.1) is 0 Å². The van der Waals surface area contributed by atoms with Crippen molar-refractivity contribution in [3.8, 4) is 0 Å². The summed E-state index contributed by atoms with van der Waals surface area (Å²) in [6.07, 6.45) is 0. The van der Waals surface area contributed by atoms with Crippen LogP contribution >= 0.6 is 34.9 Å². The number of aromatic nitrogens is 5. The standard InChI is InChI=1S/C15H17N9O4S3/c1-23-15(20-21-22-23)31-4-6-3-29-12-9(11(26)24(12)10(6)13(27)28)19-8(25)2-17-7-5-30-14(16)18-7/h5,9,12,17H,2-4H2,1H3,(H2,16,18)(H,19,25)(H,27,28)/t9-,12-/m1/s1. The molecule has 0 bridgehead atoms. The maximum atomic E-state index is 12.7. The van der Waals surface area contributed by atoms with Crippen LogP contribution in [0.5, 0.6) is 0 Å². The van der Waals surface area contributed by atoms with Gasteiger partial charge in [0.1, 0.15) is 22.9 Å². The van der Waals surface area contributed by atoms with Crippen LogP contribution in [0.3, 0.4) is 0 Å². The molecule has 13 nitrogen and oxygen atoms in total. The number of carbonyl (C=O) groups is 3. The average Bonchev–Trinajstić information content (AvgIpc) is 3.35. The minimum Gasteiger partial charge on any atom is -0.477 e. The third kappa shape index (κ3) is 4.31. The van der Waals surface area contributed by atoms with Gasteiger partial charge in [-0.25, -0.2) is 14.5 Å². The van der Waals surface area contributed by atoms with Crippen LogP contribution in [0.2, 0.25) is 0 Å². The van der Waals surface area contributed by atoms with Gasteiger partial charge in [0.25, 0.3) is 5.91 Å². The molecule has 0 saturated carbocycles. The number of nitrogens with zero attached hydrogens (tertiary/aromatic N) is 6. The lowest BCUT2D eigenvalue weighted by Gasteiger charge is -2.49. The number of nitrogens with two attached hydrogens (primary N) is 1. The number of amides is 2. The SMILES string of the molecule is Cn1nnnc1SCC1=C(C(=O)O)N2C(=O)[C@@H](NC(=O)CNc3csc(N)n3)[C@H]2SC1. The molecule has 0 aromatic carbocycles. The van der Waals surface area contributed by atoms with Gasteiger partial charge in [0.05, 0.1) is 6.54 Å². The predicted molar refractivity (Wildman–Crippen MR) is 114 cm³/mol. The third-order valence-electron chi connectivity index (χ3n) is 4.48. The van der Waals surface area contributed by atoms with Crippen LogP contribution in [0.4, 0.5) is 10.9 Å². The number of carboxylic acid groups (broad SMARTS) is 1. The number of nitrogens with one attached hydrogen (secondary N) is 2. The van der Waals surface area contributed by atoms with Gasteiger partial charge in [0, 0.05) is 23.9 Å². The summed E-state index contributed by atoms with van der Waals surface area (Å²) in [5, 5.41) is 28.5. The summed E-state index contributed by atoms with van der Waals surface area (Å²) >= 11 is 3.94. The monoisotopic (exact) mass is 483 g/mol. The molecule has 2 atom stereocenters. The van der Waals surface area contributed by atoms with Crippen molar-refractivity contribution in [2.45, 2.75) is 16.6 Å². The van der Waals surface area contributed by atoms with Crippen LogP contribution in [0.25, 0.3) is 0 Å².